The molecular weight excluding hydrogens is 495 g/mol. The van der Waals surface area contributed by atoms with Crippen molar-refractivity contribution in [1.29, 1.82) is 0 Å². The molecule has 0 spiro atoms. The highest BCUT2D eigenvalue weighted by Gasteiger charge is 2.16. The second kappa shape index (κ2) is 11.7. The van der Waals surface area contributed by atoms with E-state index in [0.29, 0.717) is 28.8 Å². The first kappa shape index (κ1) is 25.2. The van der Waals surface area contributed by atoms with E-state index in [-0.39, 0.29) is 5.75 Å². The zero-order valence-corrected chi connectivity index (χ0v) is 21.9. The van der Waals surface area contributed by atoms with Crippen molar-refractivity contribution in [3.8, 4) is 5.75 Å². The minimum Gasteiger partial charge on any atom is -0.508 e. The average Bonchev–Trinajstić information content (AvgIpc) is 2.80. The van der Waals surface area contributed by atoms with Gasteiger partial charge in [-0.05, 0) is 67.4 Å². The van der Waals surface area contributed by atoms with Crippen LogP contribution in [0, 0.1) is 13.8 Å². The third-order valence-electron chi connectivity index (χ3n) is 5.35. The topological polar surface area (TPSA) is 35.8 Å². The Bertz CT molecular complexity index is 1300. The van der Waals surface area contributed by atoms with Crippen LogP contribution in [0.25, 0.3) is 0 Å². The van der Waals surface area contributed by atoms with Crippen LogP contribution in [-0.4, -0.2) is 15.2 Å². The van der Waals surface area contributed by atoms with E-state index in [0.717, 1.165) is 21.2 Å². The molecule has 0 fully saturated rings. The largest absolute Gasteiger partial charge is 0.508 e. The second-order valence-corrected chi connectivity index (χ2v) is 10.4. The molecule has 0 aromatic heterocycles. The summed E-state index contributed by atoms with van der Waals surface area (Å²) < 4.78 is 0. The molecule has 178 valence electrons. The van der Waals surface area contributed by atoms with Gasteiger partial charge >= 0.3 is 0 Å². The summed E-state index contributed by atoms with van der Waals surface area (Å²) in [4.78, 5) is 8.29. The third-order valence-corrected chi connectivity index (χ3v) is 6.83. The monoisotopic (exact) mass is 520 g/mol. The molecule has 0 radical (unpaired) electrons. The maximum absolute atomic E-state index is 10.1. The normalized spacial score (nSPS) is 11.5. The molecule has 4 aromatic carbocycles. The lowest BCUT2D eigenvalue weighted by Gasteiger charge is -2.26. The smallest absolute Gasteiger partial charge is 0.169 e. The number of amidine groups is 1. The Morgan fingerprint density at radius 2 is 1.37 bits per heavy atom. The fraction of sp³-hybridized carbons (Fsp3) is 0.138. The number of aromatic hydroxyl groups is 1. The fourth-order valence-electron chi connectivity index (χ4n) is 3.56. The molecule has 0 saturated heterocycles. The Labute approximate surface area is 221 Å². The van der Waals surface area contributed by atoms with Crippen LogP contribution in [0.4, 0.5) is 5.69 Å². The summed E-state index contributed by atoms with van der Waals surface area (Å²) in [5, 5.41) is 11.9. The molecule has 35 heavy (non-hydrogen) atoms. The Morgan fingerprint density at radius 1 is 0.771 bits per heavy atom. The van der Waals surface area contributed by atoms with Gasteiger partial charge < -0.3 is 10.0 Å². The van der Waals surface area contributed by atoms with Gasteiger partial charge in [-0.15, -0.1) is 0 Å². The number of benzene rings is 4. The van der Waals surface area contributed by atoms with Crippen molar-refractivity contribution in [3.63, 3.8) is 0 Å². The highest BCUT2D eigenvalue weighted by atomic mass is 35.5. The van der Waals surface area contributed by atoms with Gasteiger partial charge in [0.05, 0.1) is 5.69 Å². The molecule has 0 heterocycles. The van der Waals surface area contributed by atoms with Crippen molar-refractivity contribution in [2.24, 2.45) is 4.99 Å². The van der Waals surface area contributed by atoms with Crippen LogP contribution in [0.5, 0.6) is 5.75 Å². The predicted octanol–water partition coefficient (Wildman–Crippen LogP) is 8.80. The van der Waals surface area contributed by atoms with E-state index in [9.17, 15) is 5.11 Å². The van der Waals surface area contributed by atoms with Gasteiger partial charge in [0.25, 0.3) is 0 Å². The SMILES string of the molecule is Cc1ccc(CN(Cc2cccc(O)c2)C(=Nc2cc(Cl)cc(Cl)c2)Sc2ccc(C)cc2)cc1. The number of halogens is 2. The number of aryl methyl sites for hydroxylation is 2. The Kier molecular flexibility index (Phi) is 8.40. The minimum absolute atomic E-state index is 0.240. The van der Waals surface area contributed by atoms with Gasteiger partial charge in [0, 0.05) is 28.0 Å². The van der Waals surface area contributed by atoms with Gasteiger partial charge in [-0.3, -0.25) is 0 Å². The van der Waals surface area contributed by atoms with Gasteiger partial charge in [0.15, 0.2) is 5.17 Å². The number of hydrogen-bond acceptors (Lipinski definition) is 3. The van der Waals surface area contributed by atoms with E-state index in [4.69, 9.17) is 28.2 Å². The average molecular weight is 522 g/mol. The lowest BCUT2D eigenvalue weighted by molar-refractivity contribution is 0.412. The third kappa shape index (κ3) is 7.53. The van der Waals surface area contributed by atoms with Crippen LogP contribution < -0.4 is 0 Å². The quantitative estimate of drug-likeness (QED) is 0.156. The molecule has 0 atom stereocenters. The molecule has 4 rings (SSSR count). The van der Waals surface area contributed by atoms with Crippen molar-refractivity contribution < 1.29 is 5.11 Å². The van der Waals surface area contributed by atoms with E-state index >= 15 is 0 Å². The van der Waals surface area contributed by atoms with Crippen molar-refractivity contribution >= 4 is 45.8 Å². The molecule has 0 amide bonds. The summed E-state index contributed by atoms with van der Waals surface area (Å²) >= 11 is 14.1. The standard InChI is InChI=1S/C29H26Cl2N2OS/c1-20-6-10-22(11-7-20)18-33(19-23-4-3-5-27(34)14-23)29(35-28-12-8-21(2)9-13-28)32-26-16-24(30)15-25(31)17-26/h3-17,34H,18-19H2,1-2H3. The van der Waals surface area contributed by atoms with Crippen molar-refractivity contribution in [2.45, 2.75) is 31.8 Å². The molecule has 0 bridgehead atoms. The van der Waals surface area contributed by atoms with Crippen LogP contribution in [0.15, 0.2) is 101 Å². The van der Waals surface area contributed by atoms with E-state index in [1.54, 1.807) is 30.0 Å². The van der Waals surface area contributed by atoms with E-state index in [1.165, 1.54) is 11.1 Å². The molecule has 0 saturated carbocycles. The number of nitrogens with zero attached hydrogens (tertiary/aromatic N) is 2. The molecule has 3 nitrogen and oxygen atoms in total. The summed E-state index contributed by atoms with van der Waals surface area (Å²) in [7, 11) is 0. The first-order chi connectivity index (χ1) is 16.8. The Hall–Kier alpha value is -2.92. The minimum atomic E-state index is 0.240. The first-order valence-corrected chi connectivity index (χ1v) is 12.8. The van der Waals surface area contributed by atoms with Crippen molar-refractivity contribution in [2.75, 3.05) is 0 Å². The molecule has 0 aliphatic carbocycles. The molecule has 4 aromatic rings. The van der Waals surface area contributed by atoms with Crippen molar-refractivity contribution in [3.05, 3.63) is 123 Å². The number of rotatable bonds is 6. The van der Waals surface area contributed by atoms with Crippen LogP contribution >= 0.6 is 35.0 Å². The Balaban J connectivity index is 1.77. The zero-order valence-electron chi connectivity index (χ0n) is 19.6. The molecule has 0 aliphatic rings. The van der Waals surface area contributed by atoms with E-state index in [1.807, 2.05) is 24.3 Å². The Morgan fingerprint density at radius 3 is 2.00 bits per heavy atom. The van der Waals surface area contributed by atoms with Gasteiger partial charge in [-0.25, -0.2) is 4.99 Å². The summed E-state index contributed by atoms with van der Waals surface area (Å²) in [5.41, 5.74) is 5.24. The van der Waals surface area contributed by atoms with Crippen molar-refractivity contribution in [1.82, 2.24) is 4.90 Å². The van der Waals surface area contributed by atoms with Crippen LogP contribution in [0.1, 0.15) is 22.3 Å². The van der Waals surface area contributed by atoms with E-state index < -0.39 is 0 Å². The number of hydrogen-bond donors (Lipinski definition) is 1. The molecule has 1 N–H and O–H groups in total. The van der Waals surface area contributed by atoms with Crippen LogP contribution in [0.2, 0.25) is 10.0 Å². The summed E-state index contributed by atoms with van der Waals surface area (Å²) in [6.07, 6.45) is 0. The van der Waals surface area contributed by atoms with Crippen LogP contribution in [0.3, 0.4) is 0 Å². The molecule has 6 heteroatoms. The molecular formula is C29H26Cl2N2OS. The summed E-state index contributed by atoms with van der Waals surface area (Å²) in [5.74, 6) is 0.240. The summed E-state index contributed by atoms with van der Waals surface area (Å²) in [6, 6.07) is 29.5. The molecule has 0 aliphatic heterocycles. The van der Waals surface area contributed by atoms with Crippen LogP contribution in [-0.2, 0) is 13.1 Å². The fourth-order valence-corrected chi connectivity index (χ4v) is 4.97. The second-order valence-electron chi connectivity index (χ2n) is 8.45. The van der Waals surface area contributed by atoms with Gasteiger partial charge in [-0.2, -0.15) is 0 Å². The number of thioether (sulfide) groups is 1. The maximum atomic E-state index is 10.1. The van der Waals surface area contributed by atoms with E-state index in [2.05, 4.69) is 67.3 Å². The van der Waals surface area contributed by atoms with Gasteiger partial charge in [-0.1, -0.05) is 94.6 Å². The number of phenols is 1. The number of aliphatic imine (C=N–C) groups is 1. The lowest BCUT2D eigenvalue weighted by Crippen LogP contribution is -2.28. The summed E-state index contributed by atoms with van der Waals surface area (Å²) in [6.45, 7) is 5.36. The molecule has 0 unspecified atom stereocenters. The number of phenolic OH excluding ortho intramolecular Hbond substituents is 1. The highest BCUT2D eigenvalue weighted by molar-refractivity contribution is 8.13. The first-order valence-electron chi connectivity index (χ1n) is 11.2. The zero-order chi connectivity index (χ0) is 24.8. The van der Waals surface area contributed by atoms with Gasteiger partial charge in [0.2, 0.25) is 0 Å². The predicted molar refractivity (Wildman–Crippen MR) is 149 cm³/mol. The van der Waals surface area contributed by atoms with Gasteiger partial charge in [0.1, 0.15) is 5.75 Å². The highest BCUT2D eigenvalue weighted by Crippen LogP contribution is 2.30. The lowest BCUT2D eigenvalue weighted by atomic mass is 10.1. The maximum Gasteiger partial charge on any atom is 0.169 e.